The van der Waals surface area contributed by atoms with E-state index in [4.69, 9.17) is 0 Å². The molecule has 0 bridgehead atoms. The Labute approximate surface area is 90.0 Å². The van der Waals surface area contributed by atoms with Gasteiger partial charge in [-0.3, -0.25) is 0 Å². The standard InChI is InChI=1S/C13H27N/c1-7-8-12(11(2)3)9-13(4,5)10-14-6/h14H,7-10H2,1-6H3. The summed E-state index contributed by atoms with van der Waals surface area (Å²) in [7, 11) is 2.03. The van der Waals surface area contributed by atoms with Crippen molar-refractivity contribution < 1.29 is 0 Å². The lowest BCUT2D eigenvalue weighted by atomic mass is 9.83. The van der Waals surface area contributed by atoms with Crippen molar-refractivity contribution in [3.8, 4) is 0 Å². The van der Waals surface area contributed by atoms with Crippen LogP contribution in [0.5, 0.6) is 0 Å². The monoisotopic (exact) mass is 197 g/mol. The average Bonchev–Trinajstić information content (AvgIpc) is 2.02. The second-order valence-electron chi connectivity index (χ2n) is 5.22. The summed E-state index contributed by atoms with van der Waals surface area (Å²) in [5, 5.41) is 3.27. The molecule has 0 radical (unpaired) electrons. The fourth-order valence-corrected chi connectivity index (χ4v) is 1.94. The molecule has 0 unspecified atom stereocenters. The highest BCUT2D eigenvalue weighted by molar-refractivity contribution is 5.11. The molecule has 1 nitrogen and oxygen atoms in total. The van der Waals surface area contributed by atoms with Crippen LogP contribution in [0.4, 0.5) is 0 Å². The van der Waals surface area contributed by atoms with E-state index in [0.29, 0.717) is 5.41 Å². The van der Waals surface area contributed by atoms with Crippen molar-refractivity contribution in [3.63, 3.8) is 0 Å². The third-order valence-corrected chi connectivity index (χ3v) is 2.61. The number of hydrogen-bond donors (Lipinski definition) is 1. The van der Waals surface area contributed by atoms with Crippen LogP contribution in [0.15, 0.2) is 11.1 Å². The first kappa shape index (κ1) is 13.7. The second-order valence-corrected chi connectivity index (χ2v) is 5.22. The molecule has 14 heavy (non-hydrogen) atoms. The Balaban J connectivity index is 4.37. The smallest absolute Gasteiger partial charge is 0.000258 e. The molecule has 0 aromatic carbocycles. The molecule has 0 spiro atoms. The molecule has 0 saturated carbocycles. The average molecular weight is 197 g/mol. The molecule has 1 heteroatoms. The van der Waals surface area contributed by atoms with Crippen LogP contribution >= 0.6 is 0 Å². The molecular weight excluding hydrogens is 170 g/mol. The molecule has 0 saturated heterocycles. The van der Waals surface area contributed by atoms with Crippen LogP contribution < -0.4 is 5.32 Å². The van der Waals surface area contributed by atoms with Crippen LogP contribution in [-0.4, -0.2) is 13.6 Å². The third kappa shape index (κ3) is 5.43. The molecule has 0 aliphatic heterocycles. The number of rotatable bonds is 6. The molecular formula is C13H27N. The lowest BCUT2D eigenvalue weighted by Crippen LogP contribution is -2.27. The van der Waals surface area contributed by atoms with E-state index in [-0.39, 0.29) is 0 Å². The minimum absolute atomic E-state index is 0.385. The summed E-state index contributed by atoms with van der Waals surface area (Å²) >= 11 is 0. The zero-order valence-corrected chi connectivity index (χ0v) is 10.8. The van der Waals surface area contributed by atoms with E-state index in [2.05, 4.69) is 39.9 Å². The van der Waals surface area contributed by atoms with E-state index < -0.39 is 0 Å². The molecule has 0 amide bonds. The number of hydrogen-bond acceptors (Lipinski definition) is 1. The first-order valence-electron chi connectivity index (χ1n) is 5.72. The van der Waals surface area contributed by atoms with Gasteiger partial charge in [-0.2, -0.15) is 0 Å². The van der Waals surface area contributed by atoms with Crippen LogP contribution in [0.2, 0.25) is 0 Å². The zero-order valence-electron chi connectivity index (χ0n) is 10.8. The van der Waals surface area contributed by atoms with E-state index in [9.17, 15) is 0 Å². The predicted octanol–water partition coefficient (Wildman–Crippen LogP) is 3.76. The Morgan fingerprint density at radius 1 is 1.21 bits per heavy atom. The summed E-state index contributed by atoms with van der Waals surface area (Å²) in [6, 6.07) is 0. The van der Waals surface area contributed by atoms with Crippen molar-refractivity contribution in [1.29, 1.82) is 0 Å². The molecule has 0 aromatic heterocycles. The largest absolute Gasteiger partial charge is 0.319 e. The zero-order chi connectivity index (χ0) is 11.2. The molecule has 1 N–H and O–H groups in total. The van der Waals surface area contributed by atoms with Gasteiger partial charge in [0.05, 0.1) is 0 Å². The summed E-state index contributed by atoms with van der Waals surface area (Å²) in [4.78, 5) is 0. The summed E-state index contributed by atoms with van der Waals surface area (Å²) in [5.74, 6) is 0. The van der Waals surface area contributed by atoms with Crippen molar-refractivity contribution in [2.45, 2.75) is 53.9 Å². The summed E-state index contributed by atoms with van der Waals surface area (Å²) in [6.45, 7) is 12.5. The van der Waals surface area contributed by atoms with Crippen LogP contribution in [-0.2, 0) is 0 Å². The van der Waals surface area contributed by atoms with Crippen molar-refractivity contribution in [1.82, 2.24) is 5.32 Å². The van der Waals surface area contributed by atoms with Gasteiger partial charge in [0, 0.05) is 6.54 Å². The molecule has 0 aromatic rings. The van der Waals surface area contributed by atoms with Crippen LogP contribution in [0.1, 0.15) is 53.9 Å². The SMILES string of the molecule is CCCC(CC(C)(C)CNC)=C(C)C. The Bertz CT molecular complexity index is 185. The molecule has 0 fully saturated rings. The van der Waals surface area contributed by atoms with Gasteiger partial charge >= 0.3 is 0 Å². The van der Waals surface area contributed by atoms with Crippen LogP contribution in [0, 0.1) is 5.41 Å². The maximum Gasteiger partial charge on any atom is 0.000258 e. The van der Waals surface area contributed by atoms with Gasteiger partial charge in [0.2, 0.25) is 0 Å². The summed E-state index contributed by atoms with van der Waals surface area (Å²) < 4.78 is 0. The minimum atomic E-state index is 0.385. The van der Waals surface area contributed by atoms with Crippen LogP contribution in [0.3, 0.4) is 0 Å². The molecule has 0 heterocycles. The highest BCUT2D eigenvalue weighted by atomic mass is 14.8. The lowest BCUT2D eigenvalue weighted by molar-refractivity contribution is 0.344. The van der Waals surface area contributed by atoms with Crippen molar-refractivity contribution in [2.75, 3.05) is 13.6 Å². The molecule has 0 atom stereocenters. The minimum Gasteiger partial charge on any atom is -0.319 e. The molecule has 0 aliphatic rings. The van der Waals surface area contributed by atoms with Gasteiger partial charge < -0.3 is 5.32 Å². The number of nitrogens with one attached hydrogen (secondary N) is 1. The molecule has 84 valence electrons. The fourth-order valence-electron chi connectivity index (χ4n) is 1.94. The second kappa shape index (κ2) is 6.23. The van der Waals surface area contributed by atoms with E-state index in [1.807, 2.05) is 7.05 Å². The van der Waals surface area contributed by atoms with Crippen LogP contribution in [0.25, 0.3) is 0 Å². The Kier molecular flexibility index (Phi) is 6.10. The maximum atomic E-state index is 3.27. The molecule has 0 aliphatic carbocycles. The third-order valence-electron chi connectivity index (χ3n) is 2.61. The van der Waals surface area contributed by atoms with Gasteiger partial charge in [0.15, 0.2) is 0 Å². The Morgan fingerprint density at radius 3 is 2.14 bits per heavy atom. The highest BCUT2D eigenvalue weighted by Gasteiger charge is 2.18. The van der Waals surface area contributed by atoms with E-state index in [0.717, 1.165) is 6.54 Å². The first-order chi connectivity index (χ1) is 6.43. The van der Waals surface area contributed by atoms with Crippen molar-refractivity contribution in [3.05, 3.63) is 11.1 Å². The van der Waals surface area contributed by atoms with Gasteiger partial charge in [-0.1, -0.05) is 38.3 Å². The predicted molar refractivity (Wildman–Crippen MR) is 65.6 cm³/mol. The topological polar surface area (TPSA) is 12.0 Å². The van der Waals surface area contributed by atoms with E-state index >= 15 is 0 Å². The van der Waals surface area contributed by atoms with Gasteiger partial charge in [0.1, 0.15) is 0 Å². The summed E-state index contributed by atoms with van der Waals surface area (Å²) in [6.07, 6.45) is 3.75. The lowest BCUT2D eigenvalue weighted by Gasteiger charge is -2.26. The van der Waals surface area contributed by atoms with Gasteiger partial charge in [-0.25, -0.2) is 0 Å². The maximum absolute atomic E-state index is 3.27. The van der Waals surface area contributed by atoms with E-state index in [1.165, 1.54) is 24.8 Å². The van der Waals surface area contributed by atoms with E-state index in [1.54, 1.807) is 5.57 Å². The first-order valence-corrected chi connectivity index (χ1v) is 5.72. The van der Waals surface area contributed by atoms with Crippen molar-refractivity contribution >= 4 is 0 Å². The van der Waals surface area contributed by atoms with Crippen molar-refractivity contribution in [2.24, 2.45) is 5.41 Å². The van der Waals surface area contributed by atoms with Gasteiger partial charge in [-0.05, 0) is 39.2 Å². The van der Waals surface area contributed by atoms with Gasteiger partial charge in [-0.15, -0.1) is 0 Å². The normalized spacial score (nSPS) is 11.6. The molecule has 0 rings (SSSR count). The number of allylic oxidation sites excluding steroid dienone is 2. The fraction of sp³-hybridized carbons (Fsp3) is 0.846. The highest BCUT2D eigenvalue weighted by Crippen LogP contribution is 2.28. The van der Waals surface area contributed by atoms with Gasteiger partial charge in [0.25, 0.3) is 0 Å². The quantitative estimate of drug-likeness (QED) is 0.639. The Hall–Kier alpha value is -0.300. The summed E-state index contributed by atoms with van der Waals surface area (Å²) in [5.41, 5.74) is 3.54. The Morgan fingerprint density at radius 2 is 1.79 bits per heavy atom.